The quantitative estimate of drug-likeness (QED) is 0.287. The Labute approximate surface area is 269 Å². The number of rotatable bonds is 6. The summed E-state index contributed by atoms with van der Waals surface area (Å²) < 4.78 is 12.8. The smallest absolute Gasteiger partial charge is 0.263 e. The van der Waals surface area contributed by atoms with E-state index in [1.807, 2.05) is 25.1 Å². The molecule has 0 saturated carbocycles. The summed E-state index contributed by atoms with van der Waals surface area (Å²) in [5, 5.41) is 6.76. The fourth-order valence-corrected chi connectivity index (χ4v) is 6.07. The normalized spacial score (nSPS) is 17.0. The van der Waals surface area contributed by atoms with Crippen LogP contribution in [0.3, 0.4) is 0 Å². The molecule has 10 nitrogen and oxygen atoms in total. The molecular formula is C33H31Cl2N5O5. The number of hydrogen-bond acceptors (Lipinski definition) is 7. The summed E-state index contributed by atoms with van der Waals surface area (Å²) in [6.07, 6.45) is 0.936. The van der Waals surface area contributed by atoms with Gasteiger partial charge in [-0.2, -0.15) is 0 Å². The summed E-state index contributed by atoms with van der Waals surface area (Å²) in [6.45, 7) is 2.49. The Morgan fingerprint density at radius 2 is 1.78 bits per heavy atom. The van der Waals surface area contributed by atoms with E-state index in [0.29, 0.717) is 70.0 Å². The van der Waals surface area contributed by atoms with Crippen molar-refractivity contribution in [2.75, 3.05) is 26.1 Å². The number of hydrogen-bond donors (Lipinski definition) is 2. The van der Waals surface area contributed by atoms with Gasteiger partial charge >= 0.3 is 0 Å². The molecule has 0 spiro atoms. The first kappa shape index (κ1) is 30.5. The Hall–Kier alpha value is -4.54. The molecule has 0 unspecified atom stereocenters. The predicted octanol–water partition coefficient (Wildman–Crippen LogP) is 5.43. The van der Waals surface area contributed by atoms with Crippen molar-refractivity contribution in [1.82, 2.24) is 19.8 Å². The highest BCUT2D eigenvalue weighted by atomic mass is 35.5. The van der Waals surface area contributed by atoms with Crippen LogP contribution in [0.15, 0.2) is 65.5 Å². The van der Waals surface area contributed by atoms with Gasteiger partial charge < -0.3 is 25.0 Å². The molecule has 2 aliphatic rings. The van der Waals surface area contributed by atoms with Gasteiger partial charge in [0.15, 0.2) is 0 Å². The molecule has 0 fully saturated rings. The van der Waals surface area contributed by atoms with Gasteiger partial charge in [0.25, 0.3) is 17.4 Å². The van der Waals surface area contributed by atoms with Crippen molar-refractivity contribution in [3.63, 3.8) is 0 Å². The maximum Gasteiger partial charge on any atom is 0.263 e. The van der Waals surface area contributed by atoms with E-state index in [9.17, 15) is 14.4 Å². The SMILES string of the molecule is CNC(=O)c1ccc(-n2c(N[C@@H]3CCOc4cc(OC)ccc43)nc3c(c2=O)C[C@@H](C)N(C(=O)c2ccc(Cl)c(Cl)c2)C3)cc1. The van der Waals surface area contributed by atoms with E-state index in [1.54, 1.807) is 61.5 Å². The Morgan fingerprint density at radius 1 is 1.02 bits per heavy atom. The molecule has 2 amide bonds. The van der Waals surface area contributed by atoms with Crippen molar-refractivity contribution >= 4 is 41.0 Å². The van der Waals surface area contributed by atoms with Gasteiger partial charge in [-0.3, -0.25) is 14.4 Å². The van der Waals surface area contributed by atoms with Crippen LogP contribution in [0.5, 0.6) is 11.5 Å². The lowest BCUT2D eigenvalue weighted by Gasteiger charge is -2.35. The second-order valence-corrected chi connectivity index (χ2v) is 11.8. The number of halogens is 2. The van der Waals surface area contributed by atoms with E-state index < -0.39 is 0 Å². The minimum Gasteiger partial charge on any atom is -0.497 e. The maximum absolute atomic E-state index is 14.3. The summed E-state index contributed by atoms with van der Waals surface area (Å²) in [5.41, 5.74) is 3.11. The highest BCUT2D eigenvalue weighted by Crippen LogP contribution is 2.37. The van der Waals surface area contributed by atoms with Crippen LogP contribution < -0.4 is 25.7 Å². The molecule has 6 rings (SSSR count). The lowest BCUT2D eigenvalue weighted by Crippen LogP contribution is -2.46. The van der Waals surface area contributed by atoms with Gasteiger partial charge in [0.2, 0.25) is 5.95 Å². The Bertz CT molecular complexity index is 1860. The first-order valence-electron chi connectivity index (χ1n) is 14.5. The number of benzene rings is 3. The lowest BCUT2D eigenvalue weighted by molar-refractivity contribution is 0.0653. The molecule has 0 bridgehead atoms. The summed E-state index contributed by atoms with van der Waals surface area (Å²) in [7, 11) is 3.16. The third-order valence-corrected chi connectivity index (χ3v) is 8.96. The summed E-state index contributed by atoms with van der Waals surface area (Å²) in [6, 6.07) is 16.7. The number of ether oxygens (including phenoxy) is 2. The van der Waals surface area contributed by atoms with Gasteiger partial charge in [0.05, 0.1) is 47.7 Å². The van der Waals surface area contributed by atoms with Crippen LogP contribution in [0.2, 0.25) is 10.0 Å². The van der Waals surface area contributed by atoms with Crippen LogP contribution in [0.1, 0.15) is 56.9 Å². The number of amides is 2. The average Bonchev–Trinajstić information content (AvgIpc) is 3.05. The average molecular weight is 649 g/mol. The van der Waals surface area contributed by atoms with Gasteiger partial charge in [-0.05, 0) is 67.9 Å². The number of carbonyl (C=O) groups is 2. The highest BCUT2D eigenvalue weighted by molar-refractivity contribution is 6.42. The second kappa shape index (κ2) is 12.5. The van der Waals surface area contributed by atoms with Crippen LogP contribution in [0, 0.1) is 0 Å². The van der Waals surface area contributed by atoms with Crippen LogP contribution in [-0.2, 0) is 13.0 Å². The van der Waals surface area contributed by atoms with Crippen molar-refractivity contribution < 1.29 is 19.1 Å². The van der Waals surface area contributed by atoms with Crippen molar-refractivity contribution in [1.29, 1.82) is 0 Å². The van der Waals surface area contributed by atoms with Crippen molar-refractivity contribution in [2.45, 2.75) is 38.4 Å². The molecule has 0 aliphatic carbocycles. The monoisotopic (exact) mass is 647 g/mol. The maximum atomic E-state index is 14.3. The number of aromatic nitrogens is 2. The number of nitrogens with one attached hydrogen (secondary N) is 2. The van der Waals surface area contributed by atoms with Crippen LogP contribution in [-0.4, -0.2) is 53.1 Å². The fourth-order valence-electron chi connectivity index (χ4n) is 5.77. The molecule has 45 heavy (non-hydrogen) atoms. The predicted molar refractivity (Wildman–Crippen MR) is 172 cm³/mol. The second-order valence-electron chi connectivity index (χ2n) is 11.0. The minimum atomic E-state index is -0.283. The van der Waals surface area contributed by atoms with E-state index >= 15 is 0 Å². The molecule has 0 radical (unpaired) electrons. The van der Waals surface area contributed by atoms with E-state index in [2.05, 4.69) is 10.6 Å². The molecule has 0 saturated heterocycles. The van der Waals surface area contributed by atoms with Crippen molar-refractivity contribution in [3.05, 3.63) is 109 Å². The third kappa shape index (κ3) is 5.83. The third-order valence-electron chi connectivity index (χ3n) is 8.22. The Kier molecular flexibility index (Phi) is 8.44. The number of fused-ring (bicyclic) bond motifs is 2. The van der Waals surface area contributed by atoms with Gasteiger partial charge in [-0.15, -0.1) is 0 Å². The molecule has 3 heterocycles. The Balaban J connectivity index is 1.43. The molecule has 3 aromatic carbocycles. The molecule has 2 aliphatic heterocycles. The van der Waals surface area contributed by atoms with Gasteiger partial charge in [0.1, 0.15) is 11.5 Å². The van der Waals surface area contributed by atoms with E-state index in [0.717, 1.165) is 5.56 Å². The van der Waals surface area contributed by atoms with Crippen LogP contribution in [0.4, 0.5) is 5.95 Å². The van der Waals surface area contributed by atoms with Gasteiger partial charge in [0, 0.05) is 47.8 Å². The molecule has 232 valence electrons. The first-order valence-corrected chi connectivity index (χ1v) is 15.2. The fraction of sp³-hybridized carbons (Fsp3) is 0.273. The molecule has 2 N–H and O–H groups in total. The molecule has 12 heteroatoms. The van der Waals surface area contributed by atoms with Crippen molar-refractivity contribution in [3.8, 4) is 17.2 Å². The van der Waals surface area contributed by atoms with Crippen molar-refractivity contribution in [2.24, 2.45) is 0 Å². The zero-order valence-electron chi connectivity index (χ0n) is 24.9. The largest absolute Gasteiger partial charge is 0.497 e. The minimum absolute atomic E-state index is 0.136. The standard InChI is InChI=1S/C33H31Cl2N5O5/c1-18-14-24-28(17-39(18)31(42)20-6-11-25(34)26(35)15-20)38-33(37-27-12-13-45-29-16-22(44-3)9-10-23(27)29)40(32(24)43)21-7-4-19(5-8-21)30(41)36-2/h4-11,15-16,18,27H,12-14,17H2,1-3H3,(H,36,41)(H,37,38)/t18-,27-/m1/s1. The molecule has 4 aromatic rings. The number of carbonyl (C=O) groups excluding carboxylic acids is 2. The summed E-state index contributed by atoms with van der Waals surface area (Å²) in [4.78, 5) is 46.8. The lowest BCUT2D eigenvalue weighted by atomic mass is 9.98. The van der Waals surface area contributed by atoms with E-state index in [1.165, 1.54) is 4.57 Å². The van der Waals surface area contributed by atoms with E-state index in [4.69, 9.17) is 37.7 Å². The number of nitrogens with zero attached hydrogens (tertiary/aromatic N) is 3. The van der Waals surface area contributed by atoms with E-state index in [-0.39, 0.29) is 41.0 Å². The van der Waals surface area contributed by atoms with Crippen LogP contribution in [0.25, 0.3) is 5.69 Å². The zero-order valence-corrected chi connectivity index (χ0v) is 26.4. The molecular weight excluding hydrogens is 617 g/mol. The summed E-state index contributed by atoms with van der Waals surface area (Å²) in [5.74, 6) is 1.22. The topological polar surface area (TPSA) is 115 Å². The van der Waals surface area contributed by atoms with Gasteiger partial charge in [-0.25, -0.2) is 9.55 Å². The zero-order chi connectivity index (χ0) is 31.8. The Morgan fingerprint density at radius 3 is 2.49 bits per heavy atom. The van der Waals surface area contributed by atoms with Crippen LogP contribution >= 0.6 is 23.2 Å². The van der Waals surface area contributed by atoms with Gasteiger partial charge in [-0.1, -0.05) is 23.2 Å². The first-order chi connectivity index (χ1) is 21.7. The summed E-state index contributed by atoms with van der Waals surface area (Å²) >= 11 is 12.3. The molecule has 1 aromatic heterocycles. The highest BCUT2D eigenvalue weighted by Gasteiger charge is 2.33. The number of methoxy groups -OCH3 is 1. The number of anilines is 1. The molecule has 2 atom stereocenters.